The zero-order chi connectivity index (χ0) is 20.8. The first-order valence-corrected chi connectivity index (χ1v) is 10.5. The molecule has 0 aliphatic carbocycles. The normalized spacial score (nSPS) is 10.6. The fraction of sp³-hybridized carbons (Fsp3) is 0.333. The number of hydrogen-bond donors (Lipinski definition) is 1. The van der Waals surface area contributed by atoms with Crippen LogP contribution in [0.2, 0.25) is 10.0 Å². The predicted octanol–water partition coefficient (Wildman–Crippen LogP) is 7.59. The van der Waals surface area contributed by atoms with E-state index in [0.717, 1.165) is 19.3 Å². The van der Waals surface area contributed by atoms with Gasteiger partial charge in [0.1, 0.15) is 21.3 Å². The van der Waals surface area contributed by atoms with Crippen LogP contribution in [0.3, 0.4) is 0 Å². The Morgan fingerprint density at radius 3 is 2.18 bits per heavy atom. The van der Waals surface area contributed by atoms with E-state index in [1.165, 1.54) is 12.2 Å². The lowest BCUT2D eigenvalue weighted by Gasteiger charge is -2.12. The Balaban J connectivity index is 2.26. The molecule has 4 nitrogen and oxygen atoms in total. The molecule has 1 rings (SSSR count). The average molecular weight is 510 g/mol. The van der Waals surface area contributed by atoms with Crippen LogP contribution in [0.25, 0.3) is 0 Å². The Morgan fingerprint density at radius 2 is 1.54 bits per heavy atom. The molecule has 1 N–H and O–H groups in total. The van der Waals surface area contributed by atoms with Gasteiger partial charge in [0.25, 0.3) is 0 Å². The van der Waals surface area contributed by atoms with Crippen molar-refractivity contribution in [1.29, 1.82) is 0 Å². The highest BCUT2D eigenvalue weighted by atomic mass is 35.5. The lowest BCUT2D eigenvalue weighted by Crippen LogP contribution is -2.05. The Kier molecular flexibility index (Phi) is 14.1. The summed E-state index contributed by atoms with van der Waals surface area (Å²) in [6.07, 6.45) is 9.31. The van der Waals surface area contributed by atoms with Crippen LogP contribution in [-0.4, -0.2) is 19.8 Å². The summed E-state index contributed by atoms with van der Waals surface area (Å²) in [5.74, 6) is 0.926. The minimum atomic E-state index is 0.128. The first kappa shape index (κ1) is 25.6. The van der Waals surface area contributed by atoms with Gasteiger partial charge in [0.05, 0.1) is 23.3 Å². The van der Waals surface area contributed by atoms with E-state index in [4.69, 9.17) is 83.9 Å². The van der Waals surface area contributed by atoms with Gasteiger partial charge < -0.3 is 9.47 Å². The van der Waals surface area contributed by atoms with Gasteiger partial charge in [-0.1, -0.05) is 75.7 Å². The molecule has 1 aromatic carbocycles. The molecule has 0 heterocycles. The second kappa shape index (κ2) is 15.4. The summed E-state index contributed by atoms with van der Waals surface area (Å²) in [5.41, 5.74) is 2.66. The second-order valence-corrected chi connectivity index (χ2v) is 8.02. The molecule has 1 aromatic rings. The fourth-order valence-electron chi connectivity index (χ4n) is 1.83. The molecule has 0 unspecified atom stereocenters. The van der Waals surface area contributed by atoms with Crippen molar-refractivity contribution < 1.29 is 14.3 Å². The zero-order valence-corrected chi connectivity index (χ0v) is 19.2. The van der Waals surface area contributed by atoms with Gasteiger partial charge in [0.15, 0.2) is 5.75 Å². The zero-order valence-electron chi connectivity index (χ0n) is 14.7. The van der Waals surface area contributed by atoms with Crippen molar-refractivity contribution in [3.8, 4) is 11.5 Å². The van der Waals surface area contributed by atoms with Crippen LogP contribution in [0.15, 0.2) is 45.5 Å². The van der Waals surface area contributed by atoms with Crippen molar-refractivity contribution in [2.24, 2.45) is 0 Å². The van der Waals surface area contributed by atoms with Crippen molar-refractivity contribution in [3.05, 3.63) is 55.6 Å². The molecular formula is C18H19Cl6NO3. The summed E-state index contributed by atoms with van der Waals surface area (Å²) >= 11 is 34.4. The third-order valence-corrected chi connectivity index (χ3v) is 4.24. The number of halogens is 6. The number of hydroxylamine groups is 1. The summed E-state index contributed by atoms with van der Waals surface area (Å²) in [5, 5.41) is 0.742. The maximum Gasteiger partial charge on any atom is 0.156 e. The van der Waals surface area contributed by atoms with Gasteiger partial charge in [-0.25, -0.2) is 0 Å². The molecule has 0 amide bonds. The SMILES string of the molecule is ClC(Cl)=CCONC=CCCCCOc1c(Cl)cc(OCC=C(Cl)Cl)cc1Cl. The lowest BCUT2D eigenvalue weighted by molar-refractivity contribution is 0.0953. The third-order valence-electron chi connectivity index (χ3n) is 3.06. The molecule has 0 saturated carbocycles. The molecule has 28 heavy (non-hydrogen) atoms. The Bertz CT molecular complexity index is 663. The molecule has 0 bridgehead atoms. The molecule has 10 heteroatoms. The molecular weight excluding hydrogens is 491 g/mol. The highest BCUT2D eigenvalue weighted by Crippen LogP contribution is 2.37. The van der Waals surface area contributed by atoms with Crippen molar-refractivity contribution >= 4 is 69.6 Å². The minimum absolute atomic E-state index is 0.128. The van der Waals surface area contributed by atoms with Crippen molar-refractivity contribution in [3.63, 3.8) is 0 Å². The number of ether oxygens (including phenoxy) is 2. The van der Waals surface area contributed by atoms with Gasteiger partial charge in [-0.15, -0.1) is 0 Å². The van der Waals surface area contributed by atoms with E-state index < -0.39 is 0 Å². The lowest BCUT2D eigenvalue weighted by atomic mass is 10.2. The van der Waals surface area contributed by atoms with E-state index in [2.05, 4.69) is 5.48 Å². The van der Waals surface area contributed by atoms with E-state index in [1.54, 1.807) is 18.3 Å². The van der Waals surface area contributed by atoms with E-state index in [-0.39, 0.29) is 22.2 Å². The van der Waals surface area contributed by atoms with E-state index >= 15 is 0 Å². The van der Waals surface area contributed by atoms with Gasteiger partial charge in [-0.2, -0.15) is 0 Å². The van der Waals surface area contributed by atoms with Crippen LogP contribution in [0, 0.1) is 0 Å². The molecule has 0 atom stereocenters. The highest BCUT2D eigenvalue weighted by molar-refractivity contribution is 6.56. The van der Waals surface area contributed by atoms with Crippen LogP contribution >= 0.6 is 69.6 Å². The third kappa shape index (κ3) is 12.2. The number of rotatable bonds is 13. The first-order valence-electron chi connectivity index (χ1n) is 8.19. The van der Waals surface area contributed by atoms with Crippen LogP contribution in [0.5, 0.6) is 11.5 Å². The van der Waals surface area contributed by atoms with E-state index in [9.17, 15) is 0 Å². The molecule has 0 aliphatic rings. The van der Waals surface area contributed by atoms with Crippen LogP contribution in [0.4, 0.5) is 0 Å². The van der Waals surface area contributed by atoms with Crippen molar-refractivity contribution in [2.75, 3.05) is 19.8 Å². The second-order valence-electron chi connectivity index (χ2n) is 5.19. The number of benzene rings is 1. The van der Waals surface area contributed by atoms with Crippen LogP contribution in [-0.2, 0) is 4.84 Å². The number of unbranched alkanes of at least 4 members (excludes halogenated alkanes) is 2. The monoisotopic (exact) mass is 507 g/mol. The number of nitrogens with one attached hydrogen (secondary N) is 1. The number of hydrogen-bond acceptors (Lipinski definition) is 4. The summed E-state index contributed by atoms with van der Waals surface area (Å²) < 4.78 is 11.4. The largest absolute Gasteiger partial charge is 0.490 e. The Hall–Kier alpha value is -0.460. The standard InChI is InChI=1S/C18H19Cl6NO3/c19-14-11-13(26-9-5-16(21)22)12-15(20)18(14)27-8-4-2-1-3-7-25-28-10-6-17(23)24/h3,5-7,11-12,25H,1-2,4,8-10H2. The molecule has 156 valence electrons. The number of allylic oxidation sites excluding steroid dienone is 1. The summed E-state index contributed by atoms with van der Waals surface area (Å²) in [7, 11) is 0. The molecule has 0 aromatic heterocycles. The van der Waals surface area contributed by atoms with Crippen molar-refractivity contribution in [1.82, 2.24) is 5.48 Å². The smallest absolute Gasteiger partial charge is 0.156 e. The topological polar surface area (TPSA) is 39.7 Å². The van der Waals surface area contributed by atoms with E-state index in [0.29, 0.717) is 28.2 Å². The Morgan fingerprint density at radius 1 is 0.893 bits per heavy atom. The molecule has 0 aliphatic heterocycles. The van der Waals surface area contributed by atoms with Gasteiger partial charge in [0, 0.05) is 18.3 Å². The van der Waals surface area contributed by atoms with E-state index in [1.807, 2.05) is 6.08 Å². The molecule has 0 spiro atoms. The quantitative estimate of drug-likeness (QED) is 0.219. The van der Waals surface area contributed by atoms with Crippen LogP contribution < -0.4 is 15.0 Å². The summed E-state index contributed by atoms with van der Waals surface area (Å²) in [6, 6.07) is 3.25. The summed E-state index contributed by atoms with van der Waals surface area (Å²) in [4.78, 5) is 5.04. The van der Waals surface area contributed by atoms with Crippen LogP contribution in [0.1, 0.15) is 19.3 Å². The first-order chi connectivity index (χ1) is 13.4. The van der Waals surface area contributed by atoms with Gasteiger partial charge in [-0.3, -0.25) is 10.3 Å². The highest BCUT2D eigenvalue weighted by Gasteiger charge is 2.10. The molecule has 0 saturated heterocycles. The van der Waals surface area contributed by atoms with Gasteiger partial charge in [0.2, 0.25) is 0 Å². The van der Waals surface area contributed by atoms with Gasteiger partial charge in [-0.05, 0) is 31.4 Å². The summed E-state index contributed by atoms with van der Waals surface area (Å²) in [6.45, 7) is 0.976. The fourth-order valence-corrected chi connectivity index (χ4v) is 2.66. The molecule has 0 fully saturated rings. The van der Waals surface area contributed by atoms with Crippen molar-refractivity contribution in [2.45, 2.75) is 19.3 Å². The maximum absolute atomic E-state index is 6.21. The predicted molar refractivity (Wildman–Crippen MR) is 119 cm³/mol. The minimum Gasteiger partial charge on any atom is -0.490 e. The maximum atomic E-state index is 6.21. The molecule has 0 radical (unpaired) electrons. The van der Waals surface area contributed by atoms with Gasteiger partial charge >= 0.3 is 0 Å². The average Bonchev–Trinajstić information content (AvgIpc) is 2.61. The Labute approximate surface area is 194 Å².